The number of carbonyl (C=O) groups excluding carboxylic acids is 1. The highest BCUT2D eigenvalue weighted by Gasteiger charge is 2.36. The summed E-state index contributed by atoms with van der Waals surface area (Å²) in [6.45, 7) is 3.49. The van der Waals surface area contributed by atoms with E-state index in [9.17, 15) is 4.79 Å². The summed E-state index contributed by atoms with van der Waals surface area (Å²) in [6.07, 6.45) is 0.802. The number of hydrogen-bond acceptors (Lipinski definition) is 4. The number of nitrogens with one attached hydrogen (secondary N) is 2. The second-order valence-corrected chi connectivity index (χ2v) is 8.17. The Morgan fingerprint density at radius 3 is 2.65 bits per heavy atom. The summed E-state index contributed by atoms with van der Waals surface area (Å²) in [5.41, 5.74) is 2.52. The summed E-state index contributed by atoms with van der Waals surface area (Å²) in [6, 6.07) is 25.4. The minimum atomic E-state index is -0.137. The van der Waals surface area contributed by atoms with Gasteiger partial charge in [-0.2, -0.15) is 0 Å². The number of ether oxygens (including phenoxy) is 1. The van der Waals surface area contributed by atoms with Gasteiger partial charge < -0.3 is 15.4 Å². The van der Waals surface area contributed by atoms with Crippen LogP contribution < -0.4 is 10.6 Å². The molecule has 162 valence electrons. The average molecular weight is 418 g/mol. The molecular weight excluding hydrogens is 386 g/mol. The zero-order valence-corrected chi connectivity index (χ0v) is 18.1. The Hall–Kier alpha value is -2.73. The van der Waals surface area contributed by atoms with E-state index >= 15 is 0 Å². The predicted octanol–water partition coefficient (Wildman–Crippen LogP) is 3.34. The number of likely N-dealkylation sites (tertiary alicyclic amines) is 1. The van der Waals surface area contributed by atoms with E-state index in [2.05, 4.69) is 82.3 Å². The van der Waals surface area contributed by atoms with Gasteiger partial charge in [-0.05, 0) is 28.3 Å². The Morgan fingerprint density at radius 2 is 1.81 bits per heavy atom. The van der Waals surface area contributed by atoms with Crippen LogP contribution in [0.2, 0.25) is 0 Å². The monoisotopic (exact) mass is 417 g/mol. The van der Waals surface area contributed by atoms with Crippen LogP contribution in [0.5, 0.6) is 0 Å². The summed E-state index contributed by atoms with van der Waals surface area (Å²) in [4.78, 5) is 15.2. The Labute approximate surface area is 184 Å². The van der Waals surface area contributed by atoms with Crippen molar-refractivity contribution in [3.8, 4) is 0 Å². The van der Waals surface area contributed by atoms with E-state index in [0.29, 0.717) is 13.2 Å². The van der Waals surface area contributed by atoms with Crippen LogP contribution in [0.1, 0.15) is 17.5 Å². The molecule has 3 aromatic carbocycles. The van der Waals surface area contributed by atoms with Gasteiger partial charge in [0.2, 0.25) is 5.91 Å². The highest BCUT2D eigenvalue weighted by atomic mass is 16.5. The number of fused-ring (bicyclic) bond motifs is 1. The van der Waals surface area contributed by atoms with E-state index in [-0.39, 0.29) is 18.0 Å². The number of methoxy groups -OCH3 is 1. The summed E-state index contributed by atoms with van der Waals surface area (Å²) in [5, 5.41) is 9.28. The van der Waals surface area contributed by atoms with Crippen LogP contribution in [0.4, 0.5) is 0 Å². The normalized spacial score (nSPS) is 19.0. The molecule has 0 unspecified atom stereocenters. The zero-order valence-electron chi connectivity index (χ0n) is 18.1. The smallest absolute Gasteiger partial charge is 0.237 e. The van der Waals surface area contributed by atoms with Crippen molar-refractivity contribution in [1.29, 1.82) is 0 Å². The number of benzene rings is 3. The predicted molar refractivity (Wildman–Crippen MR) is 125 cm³/mol. The number of nitrogens with zero attached hydrogens (tertiary/aromatic N) is 1. The lowest BCUT2D eigenvalue weighted by molar-refractivity contribution is -0.125. The van der Waals surface area contributed by atoms with Crippen LogP contribution in [0.3, 0.4) is 0 Å². The summed E-state index contributed by atoms with van der Waals surface area (Å²) in [7, 11) is 1.65. The molecule has 5 nitrogen and oxygen atoms in total. The lowest BCUT2D eigenvalue weighted by Crippen LogP contribution is -2.43. The molecule has 2 N–H and O–H groups in total. The Bertz CT molecular complexity index is 987. The maximum absolute atomic E-state index is 12.9. The molecule has 1 fully saturated rings. The molecule has 1 aliphatic heterocycles. The maximum atomic E-state index is 12.9. The zero-order chi connectivity index (χ0) is 21.5. The van der Waals surface area contributed by atoms with Crippen molar-refractivity contribution < 1.29 is 9.53 Å². The molecule has 4 rings (SSSR count). The highest BCUT2D eigenvalue weighted by Crippen LogP contribution is 2.23. The van der Waals surface area contributed by atoms with E-state index in [1.54, 1.807) is 7.11 Å². The van der Waals surface area contributed by atoms with Crippen molar-refractivity contribution in [2.24, 2.45) is 0 Å². The molecule has 0 spiro atoms. The lowest BCUT2D eigenvalue weighted by atomic mass is 10.0. The van der Waals surface area contributed by atoms with Crippen molar-refractivity contribution in [2.45, 2.75) is 31.6 Å². The summed E-state index contributed by atoms with van der Waals surface area (Å²) >= 11 is 0. The lowest BCUT2D eigenvalue weighted by Gasteiger charge is -2.23. The van der Waals surface area contributed by atoms with Gasteiger partial charge in [0.05, 0.1) is 12.6 Å². The molecule has 3 aromatic rings. The van der Waals surface area contributed by atoms with E-state index in [1.807, 2.05) is 6.07 Å². The number of hydrogen-bond donors (Lipinski definition) is 2. The van der Waals surface area contributed by atoms with Crippen molar-refractivity contribution in [1.82, 2.24) is 15.5 Å². The number of carbonyl (C=O) groups is 1. The first kappa shape index (κ1) is 21.5. The van der Waals surface area contributed by atoms with Gasteiger partial charge in [-0.25, -0.2) is 0 Å². The Morgan fingerprint density at radius 1 is 1.03 bits per heavy atom. The van der Waals surface area contributed by atoms with Gasteiger partial charge in [0.1, 0.15) is 0 Å². The van der Waals surface area contributed by atoms with E-state index in [0.717, 1.165) is 26.1 Å². The summed E-state index contributed by atoms with van der Waals surface area (Å²) < 4.78 is 5.08. The SMILES string of the molecule is COCCNC(=O)[C@@H]1C[C@@H](NCc2cccc3ccccc23)CN1Cc1ccccc1. The Balaban J connectivity index is 1.43. The first-order valence-electron chi connectivity index (χ1n) is 11.0. The average Bonchev–Trinajstić information content (AvgIpc) is 3.21. The molecule has 0 radical (unpaired) electrons. The van der Waals surface area contributed by atoms with Crippen molar-refractivity contribution in [3.63, 3.8) is 0 Å². The first-order chi connectivity index (χ1) is 15.2. The second kappa shape index (κ2) is 10.5. The van der Waals surface area contributed by atoms with Crippen LogP contribution in [0.15, 0.2) is 72.8 Å². The van der Waals surface area contributed by atoms with E-state index < -0.39 is 0 Å². The minimum Gasteiger partial charge on any atom is -0.383 e. The van der Waals surface area contributed by atoms with Gasteiger partial charge in [-0.1, -0.05) is 72.8 Å². The molecule has 2 atom stereocenters. The van der Waals surface area contributed by atoms with Crippen LogP contribution in [0, 0.1) is 0 Å². The van der Waals surface area contributed by atoms with Crippen molar-refractivity contribution >= 4 is 16.7 Å². The molecule has 1 heterocycles. The highest BCUT2D eigenvalue weighted by molar-refractivity contribution is 5.85. The molecule has 0 aromatic heterocycles. The standard InChI is InChI=1S/C26H31N3O2/c1-31-15-14-27-26(30)25-16-23(19-29(25)18-20-8-3-2-4-9-20)28-17-22-12-7-11-21-10-5-6-13-24(21)22/h2-13,23,25,28H,14-19H2,1H3,(H,27,30)/t23-,25+/m1/s1. The van der Waals surface area contributed by atoms with Crippen molar-refractivity contribution in [3.05, 3.63) is 83.9 Å². The number of rotatable bonds is 9. The van der Waals surface area contributed by atoms with Gasteiger partial charge in [-0.15, -0.1) is 0 Å². The van der Waals surface area contributed by atoms with Gasteiger partial charge >= 0.3 is 0 Å². The van der Waals surface area contributed by atoms with Crippen LogP contribution in [-0.4, -0.2) is 49.7 Å². The fraction of sp³-hybridized carbons (Fsp3) is 0.346. The molecule has 31 heavy (non-hydrogen) atoms. The third-order valence-corrected chi connectivity index (χ3v) is 6.00. The fourth-order valence-corrected chi connectivity index (χ4v) is 4.41. The molecule has 1 aliphatic rings. The van der Waals surface area contributed by atoms with E-state index in [4.69, 9.17) is 4.74 Å². The largest absolute Gasteiger partial charge is 0.383 e. The third-order valence-electron chi connectivity index (χ3n) is 6.00. The van der Waals surface area contributed by atoms with Crippen LogP contribution in [-0.2, 0) is 22.6 Å². The third kappa shape index (κ3) is 5.50. The molecule has 1 saturated heterocycles. The van der Waals surface area contributed by atoms with Crippen LogP contribution >= 0.6 is 0 Å². The van der Waals surface area contributed by atoms with Crippen molar-refractivity contribution in [2.75, 3.05) is 26.8 Å². The maximum Gasteiger partial charge on any atom is 0.237 e. The first-order valence-corrected chi connectivity index (χ1v) is 11.0. The van der Waals surface area contributed by atoms with E-state index in [1.165, 1.54) is 21.9 Å². The topological polar surface area (TPSA) is 53.6 Å². The molecule has 0 aliphatic carbocycles. The molecule has 1 amide bonds. The molecule has 0 saturated carbocycles. The number of amides is 1. The fourth-order valence-electron chi connectivity index (χ4n) is 4.41. The van der Waals surface area contributed by atoms with Gasteiger partial charge in [0.15, 0.2) is 0 Å². The Kier molecular flexibility index (Phi) is 7.30. The van der Waals surface area contributed by atoms with Gasteiger partial charge in [0, 0.05) is 39.3 Å². The van der Waals surface area contributed by atoms with Gasteiger partial charge in [-0.3, -0.25) is 9.69 Å². The quantitative estimate of drug-likeness (QED) is 0.525. The molecule has 5 heteroatoms. The molecular formula is C26H31N3O2. The molecule has 0 bridgehead atoms. The minimum absolute atomic E-state index is 0.0856. The van der Waals surface area contributed by atoms with Crippen LogP contribution in [0.25, 0.3) is 10.8 Å². The second-order valence-electron chi connectivity index (χ2n) is 8.17. The summed E-state index contributed by atoms with van der Waals surface area (Å²) in [5.74, 6) is 0.0856. The van der Waals surface area contributed by atoms with Gasteiger partial charge in [0.25, 0.3) is 0 Å².